The van der Waals surface area contributed by atoms with Crippen molar-refractivity contribution in [3.8, 4) is 0 Å². The fraction of sp³-hybridized carbons (Fsp3) is 1.00. The summed E-state index contributed by atoms with van der Waals surface area (Å²) in [7, 11) is 2.15. The molecule has 0 bridgehead atoms. The molecule has 1 atom stereocenters. The molecule has 0 aromatic carbocycles. The van der Waals surface area contributed by atoms with Crippen LogP contribution in [0.2, 0.25) is 0 Å². The highest BCUT2D eigenvalue weighted by atomic mass is 32.2. The normalized spacial score (nSPS) is 25.4. The van der Waals surface area contributed by atoms with Gasteiger partial charge in [0.1, 0.15) is 0 Å². The van der Waals surface area contributed by atoms with Crippen LogP contribution in [0.1, 0.15) is 44.9 Å². The third-order valence-corrected chi connectivity index (χ3v) is 5.04. The number of nitrogens with one attached hydrogen (secondary N) is 1. The van der Waals surface area contributed by atoms with Crippen molar-refractivity contribution >= 4 is 11.8 Å². The van der Waals surface area contributed by atoms with Gasteiger partial charge in [0.25, 0.3) is 0 Å². The van der Waals surface area contributed by atoms with Gasteiger partial charge in [-0.15, -0.1) is 0 Å². The van der Waals surface area contributed by atoms with E-state index in [4.69, 9.17) is 0 Å². The van der Waals surface area contributed by atoms with Gasteiger partial charge >= 0.3 is 0 Å². The first kappa shape index (κ1) is 11.8. The Morgan fingerprint density at radius 2 is 1.87 bits per heavy atom. The van der Waals surface area contributed by atoms with Gasteiger partial charge in [0.05, 0.1) is 0 Å². The Kier molecular flexibility index (Phi) is 4.83. The SMILES string of the molecule is CNC(CCC1CC1)CC1CCSCC1. The second kappa shape index (κ2) is 6.15. The van der Waals surface area contributed by atoms with Crippen molar-refractivity contribution < 1.29 is 0 Å². The van der Waals surface area contributed by atoms with Crippen molar-refractivity contribution in [1.29, 1.82) is 0 Å². The van der Waals surface area contributed by atoms with Crippen LogP contribution >= 0.6 is 11.8 Å². The highest BCUT2D eigenvalue weighted by Crippen LogP contribution is 2.35. The molecule has 1 saturated carbocycles. The lowest BCUT2D eigenvalue weighted by Crippen LogP contribution is -2.29. The molecule has 1 N–H and O–H groups in total. The highest BCUT2D eigenvalue weighted by molar-refractivity contribution is 7.99. The molecular weight excluding hydrogens is 202 g/mol. The van der Waals surface area contributed by atoms with Crippen LogP contribution in [0.5, 0.6) is 0 Å². The number of thioether (sulfide) groups is 1. The molecule has 1 aliphatic carbocycles. The maximum Gasteiger partial charge on any atom is 0.00668 e. The Balaban J connectivity index is 1.63. The average molecular weight is 227 g/mol. The van der Waals surface area contributed by atoms with Crippen molar-refractivity contribution in [1.82, 2.24) is 5.32 Å². The van der Waals surface area contributed by atoms with Crippen LogP contribution in [0.15, 0.2) is 0 Å². The summed E-state index contributed by atoms with van der Waals surface area (Å²) in [6.07, 6.45) is 10.3. The Morgan fingerprint density at radius 3 is 2.47 bits per heavy atom. The summed E-state index contributed by atoms with van der Waals surface area (Å²) in [4.78, 5) is 0. The first-order chi connectivity index (χ1) is 7.38. The van der Waals surface area contributed by atoms with Crippen molar-refractivity contribution in [3.05, 3.63) is 0 Å². The molecule has 1 heterocycles. The molecule has 1 unspecified atom stereocenters. The molecular formula is C13H25NS. The largest absolute Gasteiger partial charge is 0.317 e. The lowest BCUT2D eigenvalue weighted by Gasteiger charge is -2.26. The first-order valence-electron chi connectivity index (χ1n) is 6.63. The van der Waals surface area contributed by atoms with Crippen LogP contribution in [0, 0.1) is 11.8 Å². The lowest BCUT2D eigenvalue weighted by molar-refractivity contribution is 0.355. The highest BCUT2D eigenvalue weighted by Gasteiger charge is 2.23. The molecule has 0 aromatic heterocycles. The van der Waals surface area contributed by atoms with Gasteiger partial charge in [-0.2, -0.15) is 11.8 Å². The summed E-state index contributed by atoms with van der Waals surface area (Å²) >= 11 is 2.14. The fourth-order valence-corrected chi connectivity index (χ4v) is 3.81. The van der Waals surface area contributed by atoms with Gasteiger partial charge in [-0.05, 0) is 62.5 Å². The van der Waals surface area contributed by atoms with E-state index >= 15 is 0 Å². The zero-order valence-electron chi connectivity index (χ0n) is 10.0. The minimum absolute atomic E-state index is 0.804. The van der Waals surface area contributed by atoms with Crippen LogP contribution in [0.4, 0.5) is 0 Å². The molecule has 2 heteroatoms. The third-order valence-electron chi connectivity index (χ3n) is 3.99. The van der Waals surface area contributed by atoms with E-state index < -0.39 is 0 Å². The van der Waals surface area contributed by atoms with E-state index in [2.05, 4.69) is 24.1 Å². The van der Waals surface area contributed by atoms with Crippen molar-refractivity contribution in [2.75, 3.05) is 18.6 Å². The minimum Gasteiger partial charge on any atom is -0.317 e. The maximum atomic E-state index is 3.53. The van der Waals surface area contributed by atoms with E-state index in [1.807, 2.05) is 0 Å². The van der Waals surface area contributed by atoms with E-state index in [-0.39, 0.29) is 0 Å². The van der Waals surface area contributed by atoms with E-state index in [9.17, 15) is 0 Å². The zero-order chi connectivity index (χ0) is 10.5. The predicted octanol–water partition coefficient (Wildman–Crippen LogP) is 3.30. The fourth-order valence-electron chi connectivity index (χ4n) is 2.61. The summed E-state index contributed by atoms with van der Waals surface area (Å²) in [5, 5.41) is 3.53. The molecule has 1 nitrogen and oxygen atoms in total. The predicted molar refractivity (Wildman–Crippen MR) is 69.5 cm³/mol. The van der Waals surface area contributed by atoms with Crippen LogP contribution < -0.4 is 5.32 Å². The molecule has 15 heavy (non-hydrogen) atoms. The quantitative estimate of drug-likeness (QED) is 0.747. The van der Waals surface area contributed by atoms with E-state index in [1.165, 1.54) is 56.5 Å². The number of hydrogen-bond acceptors (Lipinski definition) is 2. The van der Waals surface area contributed by atoms with Crippen LogP contribution in [0.25, 0.3) is 0 Å². The second-order valence-corrected chi connectivity index (χ2v) is 6.52. The summed E-state index contributed by atoms with van der Waals surface area (Å²) in [5.41, 5.74) is 0. The van der Waals surface area contributed by atoms with Gasteiger partial charge in [0, 0.05) is 6.04 Å². The Morgan fingerprint density at radius 1 is 1.13 bits per heavy atom. The molecule has 88 valence electrons. The van der Waals surface area contributed by atoms with Crippen molar-refractivity contribution in [2.24, 2.45) is 11.8 Å². The van der Waals surface area contributed by atoms with Gasteiger partial charge in [0.2, 0.25) is 0 Å². The molecule has 2 fully saturated rings. The third kappa shape index (κ3) is 4.36. The summed E-state index contributed by atoms with van der Waals surface area (Å²) < 4.78 is 0. The van der Waals surface area contributed by atoms with Crippen LogP contribution in [-0.4, -0.2) is 24.6 Å². The van der Waals surface area contributed by atoms with Gasteiger partial charge in [-0.1, -0.05) is 12.8 Å². The Hall–Kier alpha value is 0.310. The zero-order valence-corrected chi connectivity index (χ0v) is 10.8. The maximum absolute atomic E-state index is 3.53. The average Bonchev–Trinajstić information content (AvgIpc) is 3.09. The molecule has 0 amide bonds. The molecule has 0 aromatic rings. The Labute approximate surface area is 98.8 Å². The monoisotopic (exact) mass is 227 g/mol. The first-order valence-corrected chi connectivity index (χ1v) is 7.79. The molecule has 2 aliphatic rings. The molecule has 1 saturated heterocycles. The van der Waals surface area contributed by atoms with Gasteiger partial charge < -0.3 is 5.32 Å². The van der Waals surface area contributed by atoms with E-state index in [0.29, 0.717) is 0 Å². The van der Waals surface area contributed by atoms with Crippen molar-refractivity contribution in [2.45, 2.75) is 51.0 Å². The number of rotatable bonds is 6. The molecule has 1 aliphatic heterocycles. The van der Waals surface area contributed by atoms with Crippen LogP contribution in [-0.2, 0) is 0 Å². The van der Waals surface area contributed by atoms with E-state index in [0.717, 1.165) is 17.9 Å². The standard InChI is InChI=1S/C13H25NS/c1-14-13(5-4-11-2-3-11)10-12-6-8-15-9-7-12/h11-14H,2-10H2,1H3. The molecule has 2 rings (SSSR count). The van der Waals surface area contributed by atoms with E-state index in [1.54, 1.807) is 0 Å². The molecule has 0 spiro atoms. The number of hydrogen-bond donors (Lipinski definition) is 1. The molecule has 0 radical (unpaired) electrons. The Bertz CT molecular complexity index is 173. The summed E-state index contributed by atoms with van der Waals surface area (Å²) in [6, 6.07) is 0.804. The van der Waals surface area contributed by atoms with Gasteiger partial charge in [-0.3, -0.25) is 0 Å². The van der Waals surface area contributed by atoms with Gasteiger partial charge in [-0.25, -0.2) is 0 Å². The minimum atomic E-state index is 0.804. The smallest absolute Gasteiger partial charge is 0.00668 e. The lowest BCUT2D eigenvalue weighted by atomic mass is 9.92. The van der Waals surface area contributed by atoms with Crippen LogP contribution in [0.3, 0.4) is 0 Å². The van der Waals surface area contributed by atoms with Gasteiger partial charge in [0.15, 0.2) is 0 Å². The summed E-state index contributed by atoms with van der Waals surface area (Å²) in [5.74, 6) is 4.93. The second-order valence-electron chi connectivity index (χ2n) is 5.30. The summed E-state index contributed by atoms with van der Waals surface area (Å²) in [6.45, 7) is 0. The van der Waals surface area contributed by atoms with Crippen molar-refractivity contribution in [3.63, 3.8) is 0 Å². The topological polar surface area (TPSA) is 12.0 Å².